The van der Waals surface area contributed by atoms with E-state index in [0.717, 1.165) is 0 Å². The normalized spacial score (nSPS) is 22.8. The van der Waals surface area contributed by atoms with Gasteiger partial charge in [0.15, 0.2) is 0 Å². The molecule has 0 aromatic heterocycles. The first-order valence-electron chi connectivity index (χ1n) is 4.74. The van der Waals surface area contributed by atoms with E-state index in [1.54, 1.807) is 0 Å². The van der Waals surface area contributed by atoms with Crippen molar-refractivity contribution in [3.05, 3.63) is 0 Å². The lowest BCUT2D eigenvalue weighted by molar-refractivity contribution is -0.189. The minimum absolute atomic E-state index is 0.210. The zero-order valence-electron chi connectivity index (χ0n) is 8.97. The summed E-state index contributed by atoms with van der Waals surface area (Å²) >= 11 is 0. The van der Waals surface area contributed by atoms with Gasteiger partial charge in [-0.05, 0) is 0 Å². The highest BCUT2D eigenvalue weighted by molar-refractivity contribution is 6.05. The van der Waals surface area contributed by atoms with Crippen LogP contribution in [0.4, 0.5) is 13.2 Å². The van der Waals surface area contributed by atoms with Crippen LogP contribution in [0.2, 0.25) is 0 Å². The van der Waals surface area contributed by atoms with Crippen molar-refractivity contribution in [1.29, 1.82) is 0 Å². The predicted molar refractivity (Wildman–Crippen MR) is 49.1 cm³/mol. The maximum Gasteiger partial charge on any atom is 0.410 e. The largest absolute Gasteiger partial charge is 0.410 e. The number of amides is 2. The molecule has 16 heavy (non-hydrogen) atoms. The molecule has 4 nitrogen and oxygen atoms in total. The summed E-state index contributed by atoms with van der Waals surface area (Å²) in [4.78, 5) is 23.3. The smallest absolute Gasteiger partial charge is 0.328 e. The molecular weight excluding hydrogens is 225 g/mol. The van der Waals surface area contributed by atoms with Gasteiger partial charge in [-0.2, -0.15) is 13.2 Å². The van der Waals surface area contributed by atoms with Crippen molar-refractivity contribution in [3.63, 3.8) is 0 Å². The summed E-state index contributed by atoms with van der Waals surface area (Å²) in [6, 6.07) is -2.21. The summed E-state index contributed by atoms with van der Waals surface area (Å²) in [5, 5.41) is 0. The molecule has 0 radical (unpaired) electrons. The Kier molecular flexibility index (Phi) is 3.02. The third-order valence-corrected chi connectivity index (χ3v) is 2.57. The van der Waals surface area contributed by atoms with E-state index >= 15 is 0 Å². The van der Waals surface area contributed by atoms with Crippen molar-refractivity contribution in [2.45, 2.75) is 32.5 Å². The Morgan fingerprint density at radius 3 is 2.19 bits per heavy atom. The first kappa shape index (κ1) is 13.0. The topological polar surface area (TPSA) is 63.4 Å². The summed E-state index contributed by atoms with van der Waals surface area (Å²) in [7, 11) is 0. The standard InChI is InChI=1S/C9H13F3N2O2/c1-8(2)3-6(15)14(7(8)16)5(4-13)9(10,11)12/h5H,3-4,13H2,1-2H3. The number of hydrogen-bond donors (Lipinski definition) is 1. The van der Waals surface area contributed by atoms with Crippen molar-refractivity contribution in [2.24, 2.45) is 11.1 Å². The maximum atomic E-state index is 12.5. The fourth-order valence-corrected chi connectivity index (χ4v) is 1.68. The lowest BCUT2D eigenvalue weighted by Gasteiger charge is -2.28. The number of hydrogen-bond acceptors (Lipinski definition) is 3. The molecule has 2 N–H and O–H groups in total. The molecule has 1 atom stereocenters. The minimum atomic E-state index is -4.68. The molecule has 0 saturated carbocycles. The summed E-state index contributed by atoms with van der Waals surface area (Å²) < 4.78 is 37.6. The number of imide groups is 1. The molecule has 1 aliphatic heterocycles. The summed E-state index contributed by atoms with van der Waals surface area (Å²) in [5.41, 5.74) is 3.91. The van der Waals surface area contributed by atoms with Gasteiger partial charge in [-0.25, -0.2) is 0 Å². The van der Waals surface area contributed by atoms with Gasteiger partial charge in [-0.15, -0.1) is 0 Å². The minimum Gasteiger partial charge on any atom is -0.328 e. The fraction of sp³-hybridized carbons (Fsp3) is 0.778. The SMILES string of the molecule is CC1(C)CC(=O)N(C(CN)C(F)(F)F)C1=O. The number of alkyl halides is 3. The third-order valence-electron chi connectivity index (χ3n) is 2.57. The van der Waals surface area contributed by atoms with Gasteiger partial charge in [-0.3, -0.25) is 14.5 Å². The molecule has 1 saturated heterocycles. The Bertz CT molecular complexity index is 325. The van der Waals surface area contributed by atoms with E-state index in [0.29, 0.717) is 0 Å². The Balaban J connectivity index is 3.05. The van der Waals surface area contributed by atoms with Crippen molar-refractivity contribution < 1.29 is 22.8 Å². The number of nitrogens with zero attached hydrogens (tertiary/aromatic N) is 1. The zero-order valence-corrected chi connectivity index (χ0v) is 8.97. The van der Waals surface area contributed by atoms with Crippen LogP contribution in [-0.4, -0.2) is 35.5 Å². The molecule has 0 spiro atoms. The molecule has 92 valence electrons. The summed E-state index contributed by atoms with van der Waals surface area (Å²) in [6.45, 7) is 2.07. The average molecular weight is 238 g/mol. The predicted octanol–water partition coefficient (Wildman–Crippen LogP) is 0.661. The number of halogens is 3. The molecule has 0 aliphatic carbocycles. The molecule has 0 bridgehead atoms. The second-order valence-corrected chi connectivity index (χ2v) is 4.42. The first-order valence-corrected chi connectivity index (χ1v) is 4.74. The first-order chi connectivity index (χ1) is 7.11. The number of nitrogens with two attached hydrogens (primary N) is 1. The Hall–Kier alpha value is -1.11. The Morgan fingerprint density at radius 2 is 1.94 bits per heavy atom. The monoisotopic (exact) mass is 238 g/mol. The number of carbonyl (C=O) groups excluding carboxylic acids is 2. The van der Waals surface area contributed by atoms with E-state index in [4.69, 9.17) is 5.73 Å². The zero-order chi connectivity index (χ0) is 12.7. The van der Waals surface area contributed by atoms with E-state index < -0.39 is 36.0 Å². The summed E-state index contributed by atoms with van der Waals surface area (Å²) in [6.07, 6.45) is -4.89. The van der Waals surface area contributed by atoms with Gasteiger partial charge in [0.2, 0.25) is 11.8 Å². The van der Waals surface area contributed by atoms with Crippen molar-refractivity contribution in [3.8, 4) is 0 Å². The van der Waals surface area contributed by atoms with Crippen molar-refractivity contribution in [1.82, 2.24) is 4.90 Å². The molecule has 1 aliphatic rings. The van der Waals surface area contributed by atoms with Crippen LogP contribution in [0, 0.1) is 5.41 Å². The van der Waals surface area contributed by atoms with Crippen LogP contribution in [0.15, 0.2) is 0 Å². The number of carbonyl (C=O) groups is 2. The highest BCUT2D eigenvalue weighted by Gasteiger charge is 2.54. The fourth-order valence-electron chi connectivity index (χ4n) is 1.68. The van der Waals surface area contributed by atoms with Gasteiger partial charge in [0.25, 0.3) is 0 Å². The van der Waals surface area contributed by atoms with Crippen LogP contribution in [0.5, 0.6) is 0 Å². The van der Waals surface area contributed by atoms with Crippen LogP contribution in [-0.2, 0) is 9.59 Å². The van der Waals surface area contributed by atoms with Gasteiger partial charge in [-0.1, -0.05) is 13.8 Å². The van der Waals surface area contributed by atoms with Crippen LogP contribution in [0.1, 0.15) is 20.3 Å². The van der Waals surface area contributed by atoms with E-state index in [1.807, 2.05) is 0 Å². The molecule has 1 heterocycles. The number of rotatable bonds is 2. The molecule has 1 fully saturated rings. The molecule has 0 aromatic rings. The average Bonchev–Trinajstić information content (AvgIpc) is 2.26. The molecule has 1 unspecified atom stereocenters. The van der Waals surface area contributed by atoms with E-state index in [2.05, 4.69) is 0 Å². The summed E-state index contributed by atoms with van der Waals surface area (Å²) in [5.74, 6) is -1.63. The van der Waals surface area contributed by atoms with Gasteiger partial charge in [0.05, 0.1) is 5.41 Å². The number of likely N-dealkylation sites (tertiary alicyclic amines) is 1. The van der Waals surface area contributed by atoms with Crippen LogP contribution < -0.4 is 5.73 Å². The van der Waals surface area contributed by atoms with E-state index in [1.165, 1.54) is 13.8 Å². The highest BCUT2D eigenvalue weighted by Crippen LogP contribution is 2.36. The second kappa shape index (κ2) is 3.73. The van der Waals surface area contributed by atoms with E-state index in [-0.39, 0.29) is 11.3 Å². The Morgan fingerprint density at radius 1 is 1.44 bits per heavy atom. The highest BCUT2D eigenvalue weighted by atomic mass is 19.4. The molecule has 0 aromatic carbocycles. The van der Waals surface area contributed by atoms with Crippen molar-refractivity contribution in [2.75, 3.05) is 6.54 Å². The molecular formula is C9H13F3N2O2. The quantitative estimate of drug-likeness (QED) is 0.719. The third kappa shape index (κ3) is 2.04. The van der Waals surface area contributed by atoms with Gasteiger partial charge in [0, 0.05) is 13.0 Å². The van der Waals surface area contributed by atoms with Crippen LogP contribution in [0.25, 0.3) is 0 Å². The Labute approximate surface area is 90.6 Å². The van der Waals surface area contributed by atoms with Gasteiger partial charge in [0.1, 0.15) is 6.04 Å². The van der Waals surface area contributed by atoms with Gasteiger partial charge >= 0.3 is 6.18 Å². The van der Waals surface area contributed by atoms with Crippen LogP contribution >= 0.6 is 0 Å². The molecule has 1 rings (SSSR count). The van der Waals surface area contributed by atoms with E-state index in [9.17, 15) is 22.8 Å². The van der Waals surface area contributed by atoms with Crippen LogP contribution in [0.3, 0.4) is 0 Å². The lowest BCUT2D eigenvalue weighted by Crippen LogP contribution is -2.53. The maximum absolute atomic E-state index is 12.5. The molecule has 7 heteroatoms. The molecule has 2 amide bonds. The lowest BCUT2D eigenvalue weighted by atomic mass is 9.92. The van der Waals surface area contributed by atoms with Crippen molar-refractivity contribution >= 4 is 11.8 Å². The second-order valence-electron chi connectivity index (χ2n) is 4.42. The van der Waals surface area contributed by atoms with Gasteiger partial charge < -0.3 is 5.73 Å².